The molecule has 3 rings (SSSR count). The van der Waals surface area contributed by atoms with Crippen molar-refractivity contribution < 1.29 is 27.1 Å². The molecular formula is C28H32FN3O5S. The molecule has 0 fully saturated rings. The highest BCUT2D eigenvalue weighted by Crippen LogP contribution is 2.26. The summed E-state index contributed by atoms with van der Waals surface area (Å²) < 4.78 is 47.5. The zero-order valence-corrected chi connectivity index (χ0v) is 22.7. The molecule has 3 aromatic carbocycles. The second-order valence-corrected chi connectivity index (χ2v) is 10.6. The summed E-state index contributed by atoms with van der Waals surface area (Å²) in [4.78, 5) is 27.5. The molecule has 0 saturated carbocycles. The maximum atomic E-state index is 13.7. The van der Waals surface area contributed by atoms with Gasteiger partial charge in [0, 0.05) is 13.6 Å². The summed E-state index contributed by atoms with van der Waals surface area (Å²) in [6, 6.07) is 17.3. The van der Waals surface area contributed by atoms with Gasteiger partial charge in [0.05, 0.1) is 17.2 Å². The molecule has 10 heteroatoms. The van der Waals surface area contributed by atoms with Crippen LogP contribution in [0.15, 0.2) is 77.7 Å². The number of carbonyl (C=O) groups is 2. The van der Waals surface area contributed by atoms with Gasteiger partial charge >= 0.3 is 0 Å². The van der Waals surface area contributed by atoms with E-state index in [2.05, 4.69) is 5.32 Å². The van der Waals surface area contributed by atoms with Crippen molar-refractivity contribution in [3.05, 3.63) is 89.7 Å². The van der Waals surface area contributed by atoms with Crippen molar-refractivity contribution in [1.29, 1.82) is 0 Å². The van der Waals surface area contributed by atoms with E-state index in [1.165, 1.54) is 48.3 Å². The van der Waals surface area contributed by atoms with Gasteiger partial charge in [0.2, 0.25) is 11.8 Å². The number of anilines is 1. The number of hydrogen-bond donors (Lipinski definition) is 1. The van der Waals surface area contributed by atoms with Crippen LogP contribution in [0.2, 0.25) is 0 Å². The Bertz CT molecular complexity index is 1340. The maximum Gasteiger partial charge on any atom is 0.264 e. The van der Waals surface area contributed by atoms with Crippen molar-refractivity contribution >= 4 is 27.5 Å². The van der Waals surface area contributed by atoms with E-state index in [9.17, 15) is 22.4 Å². The molecule has 0 saturated heterocycles. The van der Waals surface area contributed by atoms with Gasteiger partial charge in [-0.3, -0.25) is 13.9 Å². The number of hydrogen-bond acceptors (Lipinski definition) is 5. The molecule has 0 aliphatic heterocycles. The topological polar surface area (TPSA) is 96.0 Å². The predicted octanol–water partition coefficient (Wildman–Crippen LogP) is 3.89. The summed E-state index contributed by atoms with van der Waals surface area (Å²) in [5.41, 5.74) is 1.92. The summed E-state index contributed by atoms with van der Waals surface area (Å²) >= 11 is 0. The van der Waals surface area contributed by atoms with Crippen molar-refractivity contribution in [2.75, 3.05) is 24.5 Å². The molecule has 3 aromatic rings. The normalized spacial score (nSPS) is 11.9. The summed E-state index contributed by atoms with van der Waals surface area (Å²) in [5.74, 6) is -1.04. The molecule has 0 spiro atoms. The lowest BCUT2D eigenvalue weighted by Gasteiger charge is -2.31. The van der Waals surface area contributed by atoms with Crippen molar-refractivity contribution in [3.8, 4) is 5.75 Å². The second-order valence-electron chi connectivity index (χ2n) is 8.69. The zero-order chi connectivity index (χ0) is 27.9. The maximum absolute atomic E-state index is 13.7. The van der Waals surface area contributed by atoms with E-state index in [0.717, 1.165) is 27.6 Å². The number of nitrogens with zero attached hydrogens (tertiary/aromatic N) is 2. The Morgan fingerprint density at radius 3 is 2.13 bits per heavy atom. The van der Waals surface area contributed by atoms with Crippen LogP contribution in [0.1, 0.15) is 25.0 Å². The molecule has 0 aromatic heterocycles. The van der Waals surface area contributed by atoms with Gasteiger partial charge in [0.15, 0.2) is 0 Å². The third kappa shape index (κ3) is 6.89. The van der Waals surface area contributed by atoms with Crippen LogP contribution in [0.4, 0.5) is 10.1 Å². The number of aryl methyl sites for hydroxylation is 1. The van der Waals surface area contributed by atoms with Crippen LogP contribution in [0.3, 0.4) is 0 Å². The van der Waals surface area contributed by atoms with E-state index in [1.807, 2.05) is 38.1 Å². The molecule has 0 bridgehead atoms. The second kappa shape index (κ2) is 12.6. The lowest BCUT2D eigenvalue weighted by atomic mass is 10.1. The Balaban J connectivity index is 2.00. The Labute approximate surface area is 223 Å². The molecule has 202 valence electrons. The van der Waals surface area contributed by atoms with Crippen molar-refractivity contribution in [3.63, 3.8) is 0 Å². The van der Waals surface area contributed by atoms with Crippen LogP contribution >= 0.6 is 0 Å². The molecule has 0 radical (unpaired) electrons. The monoisotopic (exact) mass is 541 g/mol. The lowest BCUT2D eigenvalue weighted by molar-refractivity contribution is -0.139. The smallest absolute Gasteiger partial charge is 0.264 e. The number of benzene rings is 3. The van der Waals surface area contributed by atoms with E-state index < -0.39 is 40.2 Å². The molecule has 0 unspecified atom stereocenters. The van der Waals surface area contributed by atoms with Gasteiger partial charge < -0.3 is 15.0 Å². The molecular weight excluding hydrogens is 509 g/mol. The van der Waals surface area contributed by atoms with E-state index in [4.69, 9.17) is 4.74 Å². The summed E-state index contributed by atoms with van der Waals surface area (Å²) in [6.45, 7) is 5.24. The van der Waals surface area contributed by atoms with Crippen molar-refractivity contribution in [2.24, 2.45) is 0 Å². The SMILES string of the molecule is CCOc1ccc(S(=O)(=O)N(CC(=O)N(Cc2ccc(C)cc2)[C@H](C)C(=O)NC)c2ccc(F)cc2)cc1. The van der Waals surface area contributed by atoms with Gasteiger partial charge in [-0.15, -0.1) is 0 Å². The number of sulfonamides is 1. The van der Waals surface area contributed by atoms with Gasteiger partial charge in [-0.2, -0.15) is 0 Å². The van der Waals surface area contributed by atoms with E-state index in [0.29, 0.717) is 12.4 Å². The minimum atomic E-state index is -4.25. The molecule has 0 aliphatic rings. The fourth-order valence-electron chi connectivity index (χ4n) is 3.82. The zero-order valence-electron chi connectivity index (χ0n) is 21.8. The van der Waals surface area contributed by atoms with Crippen LogP contribution in [0.5, 0.6) is 5.75 Å². The number of rotatable bonds is 11. The Hall–Kier alpha value is -3.92. The van der Waals surface area contributed by atoms with E-state index in [1.54, 1.807) is 6.92 Å². The van der Waals surface area contributed by atoms with Gasteiger partial charge in [-0.05, 0) is 74.9 Å². The fraction of sp³-hybridized carbons (Fsp3) is 0.286. The number of halogens is 1. The minimum absolute atomic E-state index is 0.0671. The predicted molar refractivity (Wildman–Crippen MR) is 144 cm³/mol. The van der Waals surface area contributed by atoms with Crippen LogP contribution < -0.4 is 14.4 Å². The third-order valence-electron chi connectivity index (χ3n) is 6.00. The van der Waals surface area contributed by atoms with Gasteiger partial charge in [0.25, 0.3) is 10.0 Å². The lowest BCUT2D eigenvalue weighted by Crippen LogP contribution is -2.50. The first kappa shape index (κ1) is 28.6. The Morgan fingerprint density at radius 2 is 1.58 bits per heavy atom. The quantitative estimate of drug-likeness (QED) is 0.397. The van der Waals surface area contributed by atoms with Gasteiger partial charge in [-0.1, -0.05) is 29.8 Å². The average Bonchev–Trinajstić information content (AvgIpc) is 2.91. The summed E-state index contributed by atoms with van der Waals surface area (Å²) in [7, 11) is -2.78. The summed E-state index contributed by atoms with van der Waals surface area (Å²) in [6.07, 6.45) is 0. The largest absolute Gasteiger partial charge is 0.494 e. The number of likely N-dealkylation sites (N-methyl/N-ethyl adjacent to an activating group) is 1. The molecule has 8 nitrogen and oxygen atoms in total. The van der Waals surface area contributed by atoms with Crippen LogP contribution in [-0.4, -0.2) is 51.4 Å². The molecule has 1 atom stereocenters. The first-order valence-electron chi connectivity index (χ1n) is 12.1. The number of nitrogens with one attached hydrogen (secondary N) is 1. The third-order valence-corrected chi connectivity index (χ3v) is 7.79. The van der Waals surface area contributed by atoms with Gasteiger partial charge in [0.1, 0.15) is 24.2 Å². The highest BCUT2D eigenvalue weighted by atomic mass is 32.2. The molecule has 0 heterocycles. The van der Waals surface area contributed by atoms with Gasteiger partial charge in [-0.25, -0.2) is 12.8 Å². The molecule has 0 aliphatic carbocycles. The first-order valence-corrected chi connectivity index (χ1v) is 13.6. The molecule has 2 amide bonds. The first-order chi connectivity index (χ1) is 18.1. The number of amides is 2. The number of carbonyl (C=O) groups excluding carboxylic acids is 2. The van der Waals surface area contributed by atoms with E-state index >= 15 is 0 Å². The summed E-state index contributed by atoms with van der Waals surface area (Å²) in [5, 5.41) is 2.54. The van der Waals surface area contributed by atoms with Crippen LogP contribution in [0.25, 0.3) is 0 Å². The fourth-order valence-corrected chi connectivity index (χ4v) is 5.23. The Morgan fingerprint density at radius 1 is 0.974 bits per heavy atom. The van der Waals surface area contributed by atoms with Crippen LogP contribution in [-0.2, 0) is 26.2 Å². The standard InChI is InChI=1S/C28H32FN3O5S/c1-5-37-25-14-16-26(17-15-25)38(35,36)32(24-12-10-23(29)11-13-24)19-27(33)31(21(3)28(34)30-4)18-22-8-6-20(2)7-9-22/h6-17,21H,5,18-19H2,1-4H3,(H,30,34)/t21-/m1/s1. The average molecular weight is 542 g/mol. The Kier molecular flexibility index (Phi) is 9.46. The molecule has 1 N–H and O–H groups in total. The highest BCUT2D eigenvalue weighted by molar-refractivity contribution is 7.92. The van der Waals surface area contributed by atoms with Crippen molar-refractivity contribution in [2.45, 2.75) is 38.3 Å². The van der Waals surface area contributed by atoms with E-state index in [-0.39, 0.29) is 17.1 Å². The number of ether oxygens (including phenoxy) is 1. The minimum Gasteiger partial charge on any atom is -0.494 e. The highest BCUT2D eigenvalue weighted by Gasteiger charge is 2.32. The molecule has 38 heavy (non-hydrogen) atoms. The van der Waals surface area contributed by atoms with Crippen LogP contribution in [0, 0.1) is 12.7 Å². The van der Waals surface area contributed by atoms with Crippen molar-refractivity contribution in [1.82, 2.24) is 10.2 Å².